The minimum Gasteiger partial charge on any atom is -0.387 e. The van der Waals surface area contributed by atoms with Crippen molar-refractivity contribution in [2.45, 2.75) is 173 Å². The lowest BCUT2D eigenvalue weighted by Gasteiger charge is -2.22. The summed E-state index contributed by atoms with van der Waals surface area (Å²) in [6.45, 7) is 4.45. The predicted octanol–water partition coefficient (Wildman–Crippen LogP) is 7.82. The maximum absolute atomic E-state index is 12.5. The zero-order valence-electron chi connectivity index (χ0n) is 26.3. The van der Waals surface area contributed by atoms with Crippen molar-refractivity contribution >= 4 is 16.0 Å². The molecule has 0 bridgehead atoms. The van der Waals surface area contributed by atoms with E-state index in [0.29, 0.717) is 12.8 Å². The molecule has 0 radical (unpaired) electrons. The van der Waals surface area contributed by atoms with Crippen LogP contribution in [0.5, 0.6) is 0 Å². The largest absolute Gasteiger partial charge is 0.387 e. The molecule has 3 atom stereocenters. The van der Waals surface area contributed by atoms with Crippen molar-refractivity contribution in [3.63, 3.8) is 0 Å². The fourth-order valence-electron chi connectivity index (χ4n) is 4.88. The summed E-state index contributed by atoms with van der Waals surface area (Å²) < 4.78 is 32.2. The van der Waals surface area contributed by atoms with Crippen LogP contribution in [0.25, 0.3) is 0 Å². The second-order valence-corrected chi connectivity index (χ2v) is 13.1. The highest BCUT2D eigenvalue weighted by molar-refractivity contribution is 7.85. The Kier molecular flexibility index (Phi) is 26.8. The zero-order valence-corrected chi connectivity index (χ0v) is 27.1. The fourth-order valence-corrected chi connectivity index (χ4v) is 5.62. The third kappa shape index (κ3) is 27.4. The van der Waals surface area contributed by atoms with E-state index in [4.69, 9.17) is 0 Å². The molecule has 0 aromatic heterocycles. The van der Waals surface area contributed by atoms with Gasteiger partial charge in [0.25, 0.3) is 10.1 Å². The summed E-state index contributed by atoms with van der Waals surface area (Å²) >= 11 is 0. The van der Waals surface area contributed by atoms with Crippen LogP contribution >= 0.6 is 0 Å². The van der Waals surface area contributed by atoms with Crippen LogP contribution in [0.2, 0.25) is 0 Å². The van der Waals surface area contributed by atoms with Crippen molar-refractivity contribution in [3.05, 3.63) is 24.3 Å². The minimum atomic E-state index is -4.44. The van der Waals surface area contributed by atoms with E-state index in [1.54, 1.807) is 6.08 Å². The van der Waals surface area contributed by atoms with Crippen molar-refractivity contribution in [1.82, 2.24) is 5.32 Å². The molecule has 7 nitrogen and oxygen atoms in total. The van der Waals surface area contributed by atoms with E-state index in [1.807, 2.05) is 0 Å². The smallest absolute Gasteiger partial charge is 0.267 e. The van der Waals surface area contributed by atoms with Crippen LogP contribution in [0.3, 0.4) is 0 Å². The number of aliphatic hydroxyl groups is 2. The standard InChI is InChI=1S/C33H63NO6S/c1-3-5-7-9-11-13-15-17-19-21-23-25-27-31(35)30(29-41(38,39)40)34-33(37)32(36)28-26-24-22-20-18-16-14-12-10-8-6-4-2/h17,19,25,27,30-32,35-36H,3-16,18,20-24,26,28-29H2,1-2H3,(H,34,37)(H,38,39,40)/b19-17+,27-25+. The van der Waals surface area contributed by atoms with Crippen LogP contribution < -0.4 is 5.32 Å². The summed E-state index contributed by atoms with van der Waals surface area (Å²) in [6.07, 6.45) is 29.5. The van der Waals surface area contributed by atoms with E-state index in [1.165, 1.54) is 96.0 Å². The predicted molar refractivity (Wildman–Crippen MR) is 172 cm³/mol. The van der Waals surface area contributed by atoms with Gasteiger partial charge in [-0.2, -0.15) is 8.42 Å². The van der Waals surface area contributed by atoms with E-state index in [-0.39, 0.29) is 6.42 Å². The van der Waals surface area contributed by atoms with Gasteiger partial charge in [0, 0.05) is 0 Å². The Balaban J connectivity index is 4.24. The van der Waals surface area contributed by atoms with Gasteiger partial charge >= 0.3 is 0 Å². The van der Waals surface area contributed by atoms with Gasteiger partial charge in [0.2, 0.25) is 5.91 Å². The van der Waals surface area contributed by atoms with Gasteiger partial charge in [-0.1, -0.05) is 147 Å². The van der Waals surface area contributed by atoms with Gasteiger partial charge in [0.15, 0.2) is 0 Å². The van der Waals surface area contributed by atoms with E-state index < -0.39 is 40.0 Å². The minimum absolute atomic E-state index is 0.277. The number of hydrogen-bond donors (Lipinski definition) is 4. The van der Waals surface area contributed by atoms with Gasteiger partial charge in [-0.05, 0) is 32.1 Å². The maximum atomic E-state index is 12.5. The Labute approximate surface area is 252 Å². The third-order valence-corrected chi connectivity index (χ3v) is 8.27. The molecule has 0 fully saturated rings. The number of nitrogens with one attached hydrogen (secondary N) is 1. The van der Waals surface area contributed by atoms with Crippen molar-refractivity contribution < 1.29 is 28.0 Å². The van der Waals surface area contributed by atoms with E-state index >= 15 is 0 Å². The summed E-state index contributed by atoms with van der Waals surface area (Å²) in [7, 11) is -4.44. The molecule has 4 N–H and O–H groups in total. The van der Waals surface area contributed by atoms with Crippen LogP contribution in [0.1, 0.15) is 155 Å². The molecule has 0 aliphatic rings. The molecular weight excluding hydrogens is 538 g/mol. The van der Waals surface area contributed by atoms with Gasteiger partial charge in [-0.15, -0.1) is 0 Å². The highest BCUT2D eigenvalue weighted by atomic mass is 32.2. The molecule has 0 aromatic carbocycles. The van der Waals surface area contributed by atoms with Crippen LogP contribution in [-0.2, 0) is 14.9 Å². The Morgan fingerprint density at radius 1 is 0.659 bits per heavy atom. The van der Waals surface area contributed by atoms with Gasteiger partial charge in [0.05, 0.1) is 17.9 Å². The summed E-state index contributed by atoms with van der Waals surface area (Å²) in [6, 6.07) is -1.24. The highest BCUT2D eigenvalue weighted by Crippen LogP contribution is 2.14. The Morgan fingerprint density at radius 2 is 1.10 bits per heavy atom. The van der Waals surface area contributed by atoms with Crippen molar-refractivity contribution in [3.8, 4) is 0 Å². The number of amides is 1. The van der Waals surface area contributed by atoms with Gasteiger partial charge in [0.1, 0.15) is 6.10 Å². The molecule has 41 heavy (non-hydrogen) atoms. The summed E-state index contributed by atoms with van der Waals surface area (Å²) in [5.74, 6) is -1.56. The lowest BCUT2D eigenvalue weighted by atomic mass is 10.0. The molecule has 8 heteroatoms. The summed E-state index contributed by atoms with van der Waals surface area (Å²) in [5.41, 5.74) is 0. The van der Waals surface area contributed by atoms with E-state index in [2.05, 4.69) is 31.3 Å². The van der Waals surface area contributed by atoms with Crippen molar-refractivity contribution in [1.29, 1.82) is 0 Å². The van der Waals surface area contributed by atoms with Crippen LogP contribution in [0, 0.1) is 0 Å². The molecule has 0 aliphatic heterocycles. The molecule has 0 heterocycles. The number of allylic oxidation sites excluding steroid dienone is 3. The second kappa shape index (κ2) is 27.6. The Bertz CT molecular complexity index is 768. The Hall–Kier alpha value is -1.22. The zero-order chi connectivity index (χ0) is 30.6. The quantitative estimate of drug-likeness (QED) is 0.0394. The number of carbonyl (C=O) groups excluding carboxylic acids is 1. The first kappa shape index (κ1) is 39.8. The average molecular weight is 602 g/mol. The Morgan fingerprint density at radius 3 is 1.61 bits per heavy atom. The van der Waals surface area contributed by atoms with Gasteiger partial charge in [-0.3, -0.25) is 9.35 Å². The van der Waals surface area contributed by atoms with Crippen LogP contribution in [0.15, 0.2) is 24.3 Å². The number of unbranched alkanes of at least 4 members (excludes halogenated alkanes) is 18. The third-order valence-electron chi connectivity index (χ3n) is 7.49. The van der Waals surface area contributed by atoms with Crippen LogP contribution in [0.4, 0.5) is 0 Å². The normalized spacial score (nSPS) is 14.6. The molecule has 0 saturated carbocycles. The molecule has 3 unspecified atom stereocenters. The first-order valence-electron chi connectivity index (χ1n) is 16.6. The highest BCUT2D eigenvalue weighted by Gasteiger charge is 2.27. The molecule has 0 aliphatic carbocycles. The average Bonchev–Trinajstić information content (AvgIpc) is 2.92. The molecule has 0 rings (SSSR count). The van der Waals surface area contributed by atoms with Gasteiger partial charge < -0.3 is 15.5 Å². The van der Waals surface area contributed by atoms with Crippen molar-refractivity contribution in [2.75, 3.05) is 5.75 Å². The number of hydrogen-bond acceptors (Lipinski definition) is 5. The first-order chi connectivity index (χ1) is 19.7. The molecule has 1 amide bonds. The SMILES string of the molecule is CCCCCCCC/C=C/CC/C=C/C(O)C(CS(=O)(=O)O)NC(=O)C(O)CCCCCCCCCCCCCC. The number of rotatable bonds is 29. The molecule has 0 aromatic rings. The number of carbonyl (C=O) groups is 1. The van der Waals surface area contributed by atoms with Crippen molar-refractivity contribution in [2.24, 2.45) is 0 Å². The van der Waals surface area contributed by atoms with Gasteiger partial charge in [-0.25, -0.2) is 0 Å². The van der Waals surface area contributed by atoms with Crippen LogP contribution in [-0.4, -0.2) is 53.1 Å². The summed E-state index contributed by atoms with van der Waals surface area (Å²) in [4.78, 5) is 12.5. The van der Waals surface area contributed by atoms with E-state index in [0.717, 1.165) is 32.1 Å². The molecule has 0 saturated heterocycles. The van der Waals surface area contributed by atoms with E-state index in [9.17, 15) is 28.0 Å². The number of aliphatic hydroxyl groups excluding tert-OH is 2. The molecular formula is C33H63NO6S. The fraction of sp³-hybridized carbons (Fsp3) is 0.848. The summed E-state index contributed by atoms with van der Waals surface area (Å²) in [5, 5.41) is 23.2. The maximum Gasteiger partial charge on any atom is 0.267 e. The topological polar surface area (TPSA) is 124 Å². The molecule has 0 spiro atoms. The lowest BCUT2D eigenvalue weighted by Crippen LogP contribution is -2.50. The monoisotopic (exact) mass is 601 g/mol. The second-order valence-electron chi connectivity index (χ2n) is 11.6. The first-order valence-corrected chi connectivity index (χ1v) is 18.3. The lowest BCUT2D eigenvalue weighted by molar-refractivity contribution is -0.130. The molecule has 242 valence electrons.